The number of hydrogen-bond acceptors (Lipinski definition) is 4. The maximum atomic E-state index is 5.41. The number of methoxy groups -OCH3 is 2. The molecule has 0 saturated heterocycles. The first-order valence-electron chi connectivity index (χ1n) is 6.32. The fraction of sp³-hybridized carbons (Fsp3) is 0.500. The number of para-hydroxylation sites is 1. The summed E-state index contributed by atoms with van der Waals surface area (Å²) in [7, 11) is 3.34. The van der Waals surface area contributed by atoms with E-state index in [-0.39, 0.29) is 0 Å². The molecule has 0 unspecified atom stereocenters. The first kappa shape index (κ1) is 12.7. The van der Waals surface area contributed by atoms with E-state index in [1.807, 2.05) is 12.1 Å². The highest BCUT2D eigenvalue weighted by molar-refractivity contribution is 5.83. The molecule has 2 rings (SSSR count). The molecule has 1 aromatic carbocycles. The number of benzene rings is 1. The maximum absolute atomic E-state index is 5.41. The first-order valence-corrected chi connectivity index (χ1v) is 6.32. The maximum Gasteiger partial charge on any atom is 0.163 e. The molecule has 98 valence electrons. The lowest BCUT2D eigenvalue weighted by molar-refractivity contribution is 0.351. The third kappa shape index (κ3) is 2.94. The molecule has 0 amide bonds. The Kier molecular flexibility index (Phi) is 4.45. The molecule has 1 heterocycles. The van der Waals surface area contributed by atoms with Crippen molar-refractivity contribution in [1.82, 2.24) is 5.32 Å². The molecule has 1 N–H and O–H groups in total. The van der Waals surface area contributed by atoms with E-state index in [1.54, 1.807) is 14.2 Å². The number of hydrogen-bond donors (Lipinski definition) is 1. The fourth-order valence-corrected chi connectivity index (χ4v) is 2.18. The molecule has 1 aliphatic rings. The second-order valence-electron chi connectivity index (χ2n) is 4.26. The molecular formula is C14H20N2O2. The van der Waals surface area contributed by atoms with Crippen LogP contribution in [0.4, 0.5) is 0 Å². The van der Waals surface area contributed by atoms with Crippen LogP contribution in [-0.2, 0) is 6.42 Å². The summed E-state index contributed by atoms with van der Waals surface area (Å²) in [6.45, 7) is 1.84. The van der Waals surface area contributed by atoms with Crippen molar-refractivity contribution < 1.29 is 9.47 Å². The van der Waals surface area contributed by atoms with Crippen molar-refractivity contribution in [3.8, 4) is 11.5 Å². The molecule has 0 saturated carbocycles. The minimum Gasteiger partial charge on any atom is -0.493 e. The molecule has 0 aliphatic carbocycles. The van der Waals surface area contributed by atoms with Gasteiger partial charge >= 0.3 is 0 Å². The molecule has 1 aliphatic heterocycles. The molecule has 0 spiro atoms. The Hall–Kier alpha value is -1.71. The molecule has 0 aromatic heterocycles. The Morgan fingerprint density at radius 3 is 2.83 bits per heavy atom. The van der Waals surface area contributed by atoms with E-state index in [4.69, 9.17) is 9.47 Å². The van der Waals surface area contributed by atoms with Crippen molar-refractivity contribution in [3.05, 3.63) is 23.8 Å². The Labute approximate surface area is 108 Å². The van der Waals surface area contributed by atoms with E-state index >= 15 is 0 Å². The smallest absolute Gasteiger partial charge is 0.163 e. The van der Waals surface area contributed by atoms with Crippen LogP contribution in [0.3, 0.4) is 0 Å². The zero-order valence-corrected chi connectivity index (χ0v) is 11.0. The molecule has 4 nitrogen and oxygen atoms in total. The van der Waals surface area contributed by atoms with Gasteiger partial charge in [0, 0.05) is 19.5 Å². The largest absolute Gasteiger partial charge is 0.493 e. The summed E-state index contributed by atoms with van der Waals surface area (Å²) in [4.78, 5) is 4.39. The molecule has 0 bridgehead atoms. The minimum atomic E-state index is 0.785. The zero-order chi connectivity index (χ0) is 12.8. The van der Waals surface area contributed by atoms with Crippen LogP contribution < -0.4 is 14.8 Å². The molecule has 1 aromatic rings. The summed E-state index contributed by atoms with van der Waals surface area (Å²) in [5, 5.41) is 3.37. The number of nitrogens with zero attached hydrogens (tertiary/aromatic N) is 1. The predicted molar refractivity (Wildman–Crippen MR) is 72.8 cm³/mol. The Bertz CT molecular complexity index is 430. The minimum absolute atomic E-state index is 0.785. The van der Waals surface area contributed by atoms with E-state index in [1.165, 1.54) is 6.42 Å². The van der Waals surface area contributed by atoms with Gasteiger partial charge in [0.05, 0.1) is 20.1 Å². The summed E-state index contributed by atoms with van der Waals surface area (Å²) >= 11 is 0. The van der Waals surface area contributed by atoms with Gasteiger partial charge in [-0.2, -0.15) is 0 Å². The van der Waals surface area contributed by atoms with E-state index in [0.717, 1.165) is 48.8 Å². The predicted octanol–water partition coefficient (Wildman–Crippen LogP) is 2.03. The van der Waals surface area contributed by atoms with Gasteiger partial charge in [-0.3, -0.25) is 4.99 Å². The van der Waals surface area contributed by atoms with Gasteiger partial charge in [-0.1, -0.05) is 12.1 Å². The van der Waals surface area contributed by atoms with Crippen LogP contribution in [0.1, 0.15) is 18.4 Å². The quantitative estimate of drug-likeness (QED) is 0.867. The molecule has 0 atom stereocenters. The van der Waals surface area contributed by atoms with Gasteiger partial charge < -0.3 is 14.8 Å². The van der Waals surface area contributed by atoms with E-state index in [2.05, 4.69) is 16.4 Å². The standard InChI is InChI=1S/C14H20N2O2/c1-17-12-6-3-5-11(14(12)18-2)8-10-16-13-7-4-9-15-13/h3,5-6H,4,7-10H2,1-2H3,(H,15,16). The molecule has 0 radical (unpaired) electrons. The van der Waals surface area contributed by atoms with Gasteiger partial charge in [-0.15, -0.1) is 0 Å². The number of amidine groups is 1. The van der Waals surface area contributed by atoms with Crippen molar-refractivity contribution in [2.45, 2.75) is 19.3 Å². The van der Waals surface area contributed by atoms with E-state index < -0.39 is 0 Å². The number of nitrogens with one attached hydrogen (secondary N) is 1. The third-order valence-electron chi connectivity index (χ3n) is 3.08. The highest BCUT2D eigenvalue weighted by Crippen LogP contribution is 2.30. The van der Waals surface area contributed by atoms with Crippen LogP contribution in [-0.4, -0.2) is 33.1 Å². The topological polar surface area (TPSA) is 42.8 Å². The lowest BCUT2D eigenvalue weighted by Crippen LogP contribution is -2.24. The van der Waals surface area contributed by atoms with Crippen LogP contribution in [0.2, 0.25) is 0 Å². The van der Waals surface area contributed by atoms with Crippen molar-refractivity contribution >= 4 is 5.84 Å². The molecular weight excluding hydrogens is 228 g/mol. The van der Waals surface area contributed by atoms with E-state index in [9.17, 15) is 0 Å². The molecule has 18 heavy (non-hydrogen) atoms. The summed E-state index contributed by atoms with van der Waals surface area (Å²) in [5.74, 6) is 2.75. The van der Waals surface area contributed by atoms with Crippen LogP contribution >= 0.6 is 0 Å². The van der Waals surface area contributed by atoms with Crippen LogP contribution in [0.25, 0.3) is 0 Å². The summed E-state index contributed by atoms with van der Waals surface area (Å²) < 4.78 is 10.7. The monoisotopic (exact) mass is 248 g/mol. The Morgan fingerprint density at radius 1 is 1.28 bits per heavy atom. The summed E-state index contributed by atoms with van der Waals surface area (Å²) in [6.07, 6.45) is 3.15. The lowest BCUT2D eigenvalue weighted by Gasteiger charge is -2.13. The van der Waals surface area contributed by atoms with Gasteiger partial charge in [-0.05, 0) is 24.5 Å². The zero-order valence-electron chi connectivity index (χ0n) is 11.0. The van der Waals surface area contributed by atoms with Gasteiger partial charge in [0.15, 0.2) is 11.5 Å². The number of ether oxygens (including phenoxy) is 2. The number of aliphatic imine (C=N–C) groups is 1. The van der Waals surface area contributed by atoms with Crippen LogP contribution in [0.15, 0.2) is 23.2 Å². The van der Waals surface area contributed by atoms with Gasteiger partial charge in [0.1, 0.15) is 0 Å². The van der Waals surface area contributed by atoms with Crippen LogP contribution in [0.5, 0.6) is 11.5 Å². The Morgan fingerprint density at radius 2 is 2.17 bits per heavy atom. The van der Waals surface area contributed by atoms with Crippen LogP contribution in [0, 0.1) is 0 Å². The average Bonchev–Trinajstić information content (AvgIpc) is 2.91. The van der Waals surface area contributed by atoms with Gasteiger partial charge in [0.2, 0.25) is 0 Å². The summed E-state index contributed by atoms with van der Waals surface area (Å²) in [6, 6.07) is 5.97. The Balaban J connectivity index is 1.95. The normalized spacial score (nSPS) is 14.2. The average molecular weight is 248 g/mol. The summed E-state index contributed by atoms with van der Waals surface area (Å²) in [5.41, 5.74) is 1.16. The van der Waals surface area contributed by atoms with Crippen molar-refractivity contribution in [3.63, 3.8) is 0 Å². The second-order valence-corrected chi connectivity index (χ2v) is 4.26. The first-order chi connectivity index (χ1) is 8.85. The molecule has 0 fully saturated rings. The lowest BCUT2D eigenvalue weighted by atomic mass is 10.1. The van der Waals surface area contributed by atoms with Crippen molar-refractivity contribution in [2.75, 3.05) is 27.3 Å². The fourth-order valence-electron chi connectivity index (χ4n) is 2.18. The SMILES string of the molecule is COc1cccc(CCNC2=NCCC2)c1OC. The number of rotatable bonds is 5. The van der Waals surface area contributed by atoms with Gasteiger partial charge in [0.25, 0.3) is 0 Å². The van der Waals surface area contributed by atoms with Crippen molar-refractivity contribution in [2.24, 2.45) is 4.99 Å². The third-order valence-corrected chi connectivity index (χ3v) is 3.08. The highest BCUT2D eigenvalue weighted by atomic mass is 16.5. The van der Waals surface area contributed by atoms with Crippen molar-refractivity contribution in [1.29, 1.82) is 0 Å². The molecule has 4 heteroatoms. The van der Waals surface area contributed by atoms with E-state index in [0.29, 0.717) is 0 Å². The van der Waals surface area contributed by atoms with Gasteiger partial charge in [-0.25, -0.2) is 0 Å². The highest BCUT2D eigenvalue weighted by Gasteiger charge is 2.10. The second kappa shape index (κ2) is 6.28.